The fraction of sp³-hybridized carbons (Fsp3) is 0.571. The summed E-state index contributed by atoms with van der Waals surface area (Å²) in [5.74, 6) is -2.96. The van der Waals surface area contributed by atoms with Crippen molar-refractivity contribution in [3.8, 4) is 11.5 Å². The Labute approximate surface area is 181 Å². The van der Waals surface area contributed by atoms with Crippen molar-refractivity contribution in [3.05, 3.63) is 23.3 Å². The van der Waals surface area contributed by atoms with Gasteiger partial charge in [-0.15, -0.1) is 0 Å². The van der Waals surface area contributed by atoms with Gasteiger partial charge >= 0.3 is 17.9 Å². The zero-order valence-corrected chi connectivity index (χ0v) is 18.6. The van der Waals surface area contributed by atoms with Gasteiger partial charge in [0, 0.05) is 30.1 Å². The van der Waals surface area contributed by atoms with Gasteiger partial charge < -0.3 is 34.8 Å². The van der Waals surface area contributed by atoms with Crippen LogP contribution in [0.4, 0.5) is 0 Å². The number of carboxylic acid groups (broad SMARTS) is 2. The standard InChI is InChI=1S/C19H29NO5.C2H2O4/c1-18(2,3)20-10-12(21)11-24-16-8-13(23-6)7-14-15(16)9-19(4,5)25-17(14)22;3-1(4)2(5)6/h7-8,12,20-21H,9-11H2,1-6H3;(H,3,4)(H,5,6). The molecule has 0 saturated carbocycles. The molecule has 0 aromatic heterocycles. The molecular formula is C21H31NO9. The first-order valence-corrected chi connectivity index (χ1v) is 9.61. The summed E-state index contributed by atoms with van der Waals surface area (Å²) in [5, 5.41) is 28.2. The van der Waals surface area contributed by atoms with E-state index in [0.29, 0.717) is 30.0 Å². The molecule has 174 valence electrons. The molecule has 1 atom stereocenters. The molecule has 1 heterocycles. The number of esters is 1. The van der Waals surface area contributed by atoms with E-state index in [4.69, 9.17) is 34.0 Å². The quantitative estimate of drug-likeness (QED) is 0.377. The second kappa shape index (κ2) is 10.5. The van der Waals surface area contributed by atoms with Crippen molar-refractivity contribution >= 4 is 17.9 Å². The van der Waals surface area contributed by atoms with Gasteiger partial charge in [-0.2, -0.15) is 0 Å². The normalized spacial score (nSPS) is 15.5. The lowest BCUT2D eigenvalue weighted by molar-refractivity contribution is -0.159. The van der Waals surface area contributed by atoms with E-state index < -0.39 is 23.6 Å². The van der Waals surface area contributed by atoms with Gasteiger partial charge in [0.25, 0.3) is 0 Å². The molecule has 0 amide bonds. The van der Waals surface area contributed by atoms with Crippen molar-refractivity contribution in [3.63, 3.8) is 0 Å². The lowest BCUT2D eigenvalue weighted by atomic mass is 9.90. The molecule has 1 aromatic rings. The minimum Gasteiger partial charge on any atom is -0.497 e. The maximum Gasteiger partial charge on any atom is 0.414 e. The van der Waals surface area contributed by atoms with Gasteiger partial charge in [0.1, 0.15) is 29.8 Å². The third-order valence-electron chi connectivity index (χ3n) is 4.09. The Kier molecular flexibility index (Phi) is 8.83. The zero-order valence-electron chi connectivity index (χ0n) is 18.6. The number of cyclic esters (lactones) is 1. The number of rotatable bonds is 6. The minimum atomic E-state index is -1.82. The molecule has 10 nitrogen and oxygen atoms in total. The van der Waals surface area contributed by atoms with Crippen molar-refractivity contribution in [2.45, 2.75) is 58.3 Å². The van der Waals surface area contributed by atoms with Crippen molar-refractivity contribution in [2.24, 2.45) is 0 Å². The monoisotopic (exact) mass is 441 g/mol. The summed E-state index contributed by atoms with van der Waals surface area (Å²) in [5.41, 5.74) is 0.571. The fourth-order valence-corrected chi connectivity index (χ4v) is 2.67. The highest BCUT2D eigenvalue weighted by Gasteiger charge is 2.35. The topological polar surface area (TPSA) is 152 Å². The Morgan fingerprint density at radius 2 is 1.81 bits per heavy atom. The number of methoxy groups -OCH3 is 1. The van der Waals surface area contributed by atoms with Gasteiger partial charge in [0.15, 0.2) is 0 Å². The SMILES string of the molecule is COc1cc(OCC(O)CNC(C)(C)C)c2c(c1)C(=O)OC(C)(C)C2.O=C(O)C(=O)O. The number of carbonyl (C=O) groups excluding carboxylic acids is 1. The van der Waals surface area contributed by atoms with Crippen molar-refractivity contribution in [1.29, 1.82) is 0 Å². The summed E-state index contributed by atoms with van der Waals surface area (Å²) in [7, 11) is 1.53. The predicted molar refractivity (Wildman–Crippen MR) is 111 cm³/mol. The Morgan fingerprint density at radius 1 is 1.23 bits per heavy atom. The number of hydrogen-bond acceptors (Lipinski definition) is 8. The molecule has 10 heteroatoms. The van der Waals surface area contributed by atoms with Crippen LogP contribution in [0.25, 0.3) is 0 Å². The van der Waals surface area contributed by atoms with Crippen LogP contribution in [-0.2, 0) is 20.7 Å². The molecule has 0 saturated heterocycles. The summed E-state index contributed by atoms with van der Waals surface area (Å²) in [6, 6.07) is 3.41. The van der Waals surface area contributed by atoms with Gasteiger partial charge in [0.2, 0.25) is 0 Å². The molecule has 1 aromatic carbocycles. The van der Waals surface area contributed by atoms with Gasteiger partial charge in [0.05, 0.1) is 12.7 Å². The highest BCUT2D eigenvalue weighted by atomic mass is 16.6. The van der Waals surface area contributed by atoms with Gasteiger partial charge in [-0.1, -0.05) is 0 Å². The van der Waals surface area contributed by atoms with E-state index >= 15 is 0 Å². The number of hydrogen-bond donors (Lipinski definition) is 4. The van der Waals surface area contributed by atoms with Gasteiger partial charge in [-0.3, -0.25) is 0 Å². The zero-order chi connectivity index (χ0) is 24.0. The largest absolute Gasteiger partial charge is 0.497 e. The highest BCUT2D eigenvalue weighted by molar-refractivity contribution is 6.27. The van der Waals surface area contributed by atoms with Crippen LogP contribution in [0.5, 0.6) is 11.5 Å². The Morgan fingerprint density at radius 3 is 2.29 bits per heavy atom. The van der Waals surface area contributed by atoms with E-state index in [-0.39, 0.29) is 18.1 Å². The average Bonchev–Trinajstić information content (AvgIpc) is 2.63. The van der Waals surface area contributed by atoms with Crippen LogP contribution >= 0.6 is 0 Å². The third-order valence-corrected chi connectivity index (χ3v) is 4.09. The number of aliphatic carboxylic acids is 2. The maximum atomic E-state index is 12.3. The molecule has 1 unspecified atom stereocenters. The summed E-state index contributed by atoms with van der Waals surface area (Å²) >= 11 is 0. The van der Waals surface area contributed by atoms with Gasteiger partial charge in [-0.25, -0.2) is 14.4 Å². The maximum absolute atomic E-state index is 12.3. The number of fused-ring (bicyclic) bond motifs is 1. The number of carboxylic acids is 2. The number of carbonyl (C=O) groups is 3. The van der Waals surface area contributed by atoms with E-state index in [1.54, 1.807) is 12.1 Å². The molecule has 4 N–H and O–H groups in total. The summed E-state index contributed by atoms with van der Waals surface area (Å²) in [6.45, 7) is 10.4. The molecule has 1 aliphatic rings. The molecule has 0 aliphatic carbocycles. The number of nitrogens with one attached hydrogen (secondary N) is 1. The first kappa shape index (κ1) is 26.2. The molecule has 0 radical (unpaired) electrons. The van der Waals surface area contributed by atoms with E-state index in [2.05, 4.69) is 5.32 Å². The Hall–Kier alpha value is -2.85. The van der Waals surface area contributed by atoms with Crippen LogP contribution in [-0.4, -0.2) is 70.7 Å². The molecule has 1 aliphatic heterocycles. The van der Waals surface area contributed by atoms with Crippen molar-refractivity contribution in [1.82, 2.24) is 5.32 Å². The van der Waals surface area contributed by atoms with Crippen molar-refractivity contribution in [2.75, 3.05) is 20.3 Å². The lowest BCUT2D eigenvalue weighted by Gasteiger charge is -2.32. The smallest absolute Gasteiger partial charge is 0.414 e. The fourth-order valence-electron chi connectivity index (χ4n) is 2.67. The Bertz CT molecular complexity index is 800. The van der Waals surface area contributed by atoms with Crippen LogP contribution in [0.3, 0.4) is 0 Å². The van der Waals surface area contributed by atoms with E-state index in [9.17, 15) is 9.90 Å². The number of aliphatic hydroxyl groups excluding tert-OH is 1. The summed E-state index contributed by atoms with van der Waals surface area (Å²) in [6.07, 6.45) is -0.117. The molecule has 0 bridgehead atoms. The number of β-amino-alcohol motifs (C(OH)–C–C–N with tert-alkyl or cyclic N) is 1. The first-order chi connectivity index (χ1) is 14.1. The second-order valence-corrected chi connectivity index (χ2v) is 8.68. The summed E-state index contributed by atoms with van der Waals surface area (Å²) < 4.78 is 16.5. The van der Waals surface area contributed by atoms with Gasteiger partial charge in [-0.05, 0) is 40.7 Å². The lowest BCUT2D eigenvalue weighted by Crippen LogP contribution is -2.42. The molecule has 0 fully saturated rings. The molecule has 31 heavy (non-hydrogen) atoms. The average molecular weight is 441 g/mol. The van der Waals surface area contributed by atoms with Crippen LogP contribution in [0, 0.1) is 0 Å². The van der Waals surface area contributed by atoms with Crippen LogP contribution in [0.15, 0.2) is 12.1 Å². The van der Waals surface area contributed by atoms with E-state index in [1.807, 2.05) is 34.6 Å². The third kappa shape index (κ3) is 8.81. The number of ether oxygens (including phenoxy) is 3. The van der Waals surface area contributed by atoms with E-state index in [1.165, 1.54) is 7.11 Å². The highest BCUT2D eigenvalue weighted by Crippen LogP contribution is 2.37. The van der Waals surface area contributed by atoms with E-state index in [0.717, 1.165) is 5.56 Å². The Balaban J connectivity index is 0.000000703. The van der Waals surface area contributed by atoms with Crippen LogP contribution < -0.4 is 14.8 Å². The summed E-state index contributed by atoms with van der Waals surface area (Å²) in [4.78, 5) is 30.5. The minimum absolute atomic E-state index is 0.0795. The van der Waals surface area contributed by atoms with Crippen molar-refractivity contribution < 1.29 is 43.9 Å². The number of aliphatic hydroxyl groups is 1. The van der Waals surface area contributed by atoms with Crippen LogP contribution in [0.1, 0.15) is 50.5 Å². The predicted octanol–water partition coefficient (Wildman–Crippen LogP) is 1.47. The second-order valence-electron chi connectivity index (χ2n) is 8.68. The van der Waals surface area contributed by atoms with Crippen LogP contribution in [0.2, 0.25) is 0 Å². The number of benzene rings is 1. The molecular weight excluding hydrogens is 410 g/mol. The molecule has 2 rings (SSSR count). The molecule has 0 spiro atoms. The first-order valence-electron chi connectivity index (χ1n) is 9.61.